The first-order chi connectivity index (χ1) is 11.3. The van der Waals surface area contributed by atoms with Gasteiger partial charge in [0, 0.05) is 40.2 Å². The fraction of sp³-hybridized carbons (Fsp3) is 0.294. The van der Waals surface area contributed by atoms with Crippen molar-refractivity contribution in [3.05, 3.63) is 64.9 Å². The van der Waals surface area contributed by atoms with Gasteiger partial charge >= 0.3 is 0 Å². The first kappa shape index (κ1) is 17.0. The predicted octanol–water partition coefficient (Wildman–Crippen LogP) is 4.64. The van der Waals surface area contributed by atoms with Crippen molar-refractivity contribution in [3.8, 4) is 0 Å². The van der Waals surface area contributed by atoms with Gasteiger partial charge in [0.1, 0.15) is 0 Å². The molecule has 1 aliphatic heterocycles. The zero-order valence-electron chi connectivity index (χ0n) is 12.5. The topological polar surface area (TPSA) is 28.5 Å². The molecule has 1 aromatic carbocycles. The summed E-state index contributed by atoms with van der Waals surface area (Å²) >= 11 is 10.6. The number of hydrogen-bond donors (Lipinski definition) is 0. The van der Waals surface area contributed by atoms with E-state index in [1.54, 1.807) is 6.20 Å². The first-order valence-electron chi connectivity index (χ1n) is 7.40. The molecule has 0 amide bonds. The summed E-state index contributed by atoms with van der Waals surface area (Å²) in [6.45, 7) is 2.45. The SMILES string of the molecule is Clc1ccccc1CN(Cc1cccnc1)C1=NCC(CI)S1. The van der Waals surface area contributed by atoms with E-state index in [2.05, 4.69) is 44.6 Å². The number of hydrogen-bond acceptors (Lipinski definition) is 4. The van der Waals surface area contributed by atoms with Gasteiger partial charge in [-0.05, 0) is 23.3 Å². The van der Waals surface area contributed by atoms with Gasteiger partial charge in [-0.3, -0.25) is 9.98 Å². The van der Waals surface area contributed by atoms with Gasteiger partial charge in [-0.25, -0.2) is 0 Å². The Kier molecular flexibility index (Phi) is 6.19. The highest BCUT2D eigenvalue weighted by atomic mass is 127. The first-order valence-corrected chi connectivity index (χ1v) is 10.2. The largest absolute Gasteiger partial charge is 0.343 e. The Morgan fingerprint density at radius 3 is 2.78 bits per heavy atom. The third-order valence-corrected chi connectivity index (χ3v) is 6.84. The van der Waals surface area contributed by atoms with Crippen LogP contribution in [0, 0.1) is 0 Å². The van der Waals surface area contributed by atoms with Crippen molar-refractivity contribution in [2.45, 2.75) is 18.3 Å². The van der Waals surface area contributed by atoms with Gasteiger partial charge in [-0.1, -0.05) is 70.2 Å². The molecular formula is C17H17ClIN3S. The third-order valence-electron chi connectivity index (χ3n) is 3.56. The van der Waals surface area contributed by atoms with Crippen LogP contribution in [0.1, 0.15) is 11.1 Å². The molecule has 0 radical (unpaired) electrons. The molecule has 23 heavy (non-hydrogen) atoms. The van der Waals surface area contributed by atoms with Gasteiger partial charge in [-0.15, -0.1) is 0 Å². The molecule has 0 fully saturated rings. The van der Waals surface area contributed by atoms with Crippen molar-refractivity contribution < 1.29 is 0 Å². The lowest BCUT2D eigenvalue weighted by Crippen LogP contribution is -2.27. The summed E-state index contributed by atoms with van der Waals surface area (Å²) in [5.74, 6) is 0. The number of benzene rings is 1. The summed E-state index contributed by atoms with van der Waals surface area (Å²) < 4.78 is 1.11. The maximum Gasteiger partial charge on any atom is 0.160 e. The van der Waals surface area contributed by atoms with E-state index in [9.17, 15) is 0 Å². The van der Waals surface area contributed by atoms with Crippen molar-refractivity contribution in [1.29, 1.82) is 0 Å². The average molecular weight is 458 g/mol. The van der Waals surface area contributed by atoms with Crippen LogP contribution in [0.3, 0.4) is 0 Å². The second kappa shape index (κ2) is 8.35. The van der Waals surface area contributed by atoms with Crippen LogP contribution in [0.25, 0.3) is 0 Å². The summed E-state index contributed by atoms with van der Waals surface area (Å²) in [4.78, 5) is 11.3. The predicted molar refractivity (Wildman–Crippen MR) is 108 cm³/mol. The van der Waals surface area contributed by atoms with Crippen molar-refractivity contribution in [2.24, 2.45) is 4.99 Å². The zero-order valence-corrected chi connectivity index (χ0v) is 16.3. The Hall–Kier alpha value is -0.790. The van der Waals surface area contributed by atoms with E-state index in [4.69, 9.17) is 16.6 Å². The molecule has 6 heteroatoms. The molecule has 1 aliphatic rings. The number of amidine groups is 1. The minimum Gasteiger partial charge on any atom is -0.343 e. The summed E-state index contributed by atoms with van der Waals surface area (Å²) in [6.07, 6.45) is 3.71. The minimum atomic E-state index is 0.577. The van der Waals surface area contributed by atoms with Crippen LogP contribution < -0.4 is 0 Å². The molecule has 1 aromatic heterocycles. The molecule has 0 saturated heterocycles. The third kappa shape index (κ3) is 4.61. The number of thioether (sulfide) groups is 1. The second-order valence-electron chi connectivity index (χ2n) is 5.33. The molecule has 3 nitrogen and oxygen atoms in total. The molecule has 3 rings (SSSR count). The summed E-state index contributed by atoms with van der Waals surface area (Å²) in [6, 6.07) is 12.1. The van der Waals surface area contributed by atoms with Gasteiger partial charge in [-0.2, -0.15) is 0 Å². The number of halogens is 2. The molecule has 0 N–H and O–H groups in total. The van der Waals surface area contributed by atoms with Gasteiger partial charge in [0.15, 0.2) is 5.17 Å². The van der Waals surface area contributed by atoms with E-state index >= 15 is 0 Å². The summed E-state index contributed by atoms with van der Waals surface area (Å²) in [7, 11) is 0. The Morgan fingerprint density at radius 1 is 1.22 bits per heavy atom. The minimum absolute atomic E-state index is 0.577. The van der Waals surface area contributed by atoms with Crippen molar-refractivity contribution >= 4 is 51.1 Å². The highest BCUT2D eigenvalue weighted by molar-refractivity contribution is 14.1. The molecule has 0 spiro atoms. The van der Waals surface area contributed by atoms with Crippen LogP contribution in [0.2, 0.25) is 5.02 Å². The molecule has 120 valence electrons. The van der Waals surface area contributed by atoms with Crippen molar-refractivity contribution in [2.75, 3.05) is 11.0 Å². The van der Waals surface area contributed by atoms with Crippen LogP contribution in [0.15, 0.2) is 53.8 Å². The second-order valence-corrected chi connectivity index (χ2v) is 7.88. The molecule has 0 aliphatic carbocycles. The molecule has 0 saturated carbocycles. The number of rotatable bonds is 5. The van der Waals surface area contributed by atoms with Crippen molar-refractivity contribution in [1.82, 2.24) is 9.88 Å². The van der Waals surface area contributed by atoms with E-state index < -0.39 is 0 Å². The molecule has 2 aromatic rings. The van der Waals surface area contributed by atoms with E-state index in [-0.39, 0.29) is 0 Å². The fourth-order valence-electron chi connectivity index (χ4n) is 2.39. The number of alkyl halides is 1. The van der Waals surface area contributed by atoms with E-state index in [1.807, 2.05) is 42.2 Å². The Bertz CT molecular complexity index is 681. The molecule has 0 bridgehead atoms. The van der Waals surface area contributed by atoms with Gasteiger partial charge in [0.2, 0.25) is 0 Å². The molecule has 1 unspecified atom stereocenters. The standard InChI is InChI=1S/C17H17ClIN3S/c18-16-6-2-1-5-14(16)12-22(11-13-4-3-7-20-9-13)17-21-10-15(8-19)23-17/h1-7,9,15H,8,10-12H2. The van der Waals surface area contributed by atoms with Gasteiger partial charge in [0.25, 0.3) is 0 Å². The fourth-order valence-corrected chi connectivity index (χ4v) is 4.34. The summed E-state index contributed by atoms with van der Waals surface area (Å²) in [5.41, 5.74) is 2.31. The number of nitrogens with zero attached hydrogens (tertiary/aromatic N) is 3. The van der Waals surface area contributed by atoms with Crippen LogP contribution >= 0.6 is 46.0 Å². The van der Waals surface area contributed by atoms with Crippen LogP contribution in [-0.4, -0.2) is 31.3 Å². The molecule has 1 atom stereocenters. The van der Waals surface area contributed by atoms with Crippen LogP contribution in [-0.2, 0) is 13.1 Å². The van der Waals surface area contributed by atoms with Crippen LogP contribution in [0.5, 0.6) is 0 Å². The lowest BCUT2D eigenvalue weighted by atomic mass is 10.2. The quantitative estimate of drug-likeness (QED) is 0.484. The zero-order chi connectivity index (χ0) is 16.1. The highest BCUT2D eigenvalue weighted by Crippen LogP contribution is 2.28. The van der Waals surface area contributed by atoms with Gasteiger partial charge in [0.05, 0.1) is 6.54 Å². The number of aliphatic imine (C=N–C) groups is 1. The maximum absolute atomic E-state index is 6.35. The smallest absolute Gasteiger partial charge is 0.160 e. The lowest BCUT2D eigenvalue weighted by Gasteiger charge is -2.25. The Balaban J connectivity index is 1.80. The molecule has 2 heterocycles. The van der Waals surface area contributed by atoms with E-state index in [1.165, 1.54) is 5.56 Å². The van der Waals surface area contributed by atoms with Gasteiger partial charge < -0.3 is 4.90 Å². The average Bonchev–Trinajstić information content (AvgIpc) is 3.06. The highest BCUT2D eigenvalue weighted by Gasteiger charge is 2.24. The number of aromatic nitrogens is 1. The lowest BCUT2D eigenvalue weighted by molar-refractivity contribution is 0.414. The van der Waals surface area contributed by atoms with E-state index in [0.717, 1.165) is 39.8 Å². The maximum atomic E-state index is 6.35. The van der Waals surface area contributed by atoms with E-state index in [0.29, 0.717) is 5.25 Å². The summed E-state index contributed by atoms with van der Waals surface area (Å²) in [5, 5.41) is 2.49. The Labute approximate surface area is 159 Å². The van der Waals surface area contributed by atoms with Crippen molar-refractivity contribution in [3.63, 3.8) is 0 Å². The Morgan fingerprint density at radius 2 is 2.09 bits per heavy atom. The number of pyridine rings is 1. The normalized spacial score (nSPS) is 17.1. The van der Waals surface area contributed by atoms with Crippen LogP contribution in [0.4, 0.5) is 0 Å². The molecular weight excluding hydrogens is 441 g/mol. The monoisotopic (exact) mass is 457 g/mol.